The molecular weight excluding hydrogens is 389 g/mol. The molecular formula is C20H17ClFNO3S. The van der Waals surface area contributed by atoms with Crippen molar-refractivity contribution in [2.75, 3.05) is 0 Å². The molecule has 2 atom stereocenters. The third kappa shape index (κ3) is 4.28. The highest BCUT2D eigenvalue weighted by Crippen LogP contribution is 2.35. The zero-order valence-electron chi connectivity index (χ0n) is 14.7. The normalized spacial score (nSPS) is 13.2. The molecule has 3 rings (SSSR count). The molecule has 3 aromatic rings. The van der Waals surface area contributed by atoms with Gasteiger partial charge in [-0.1, -0.05) is 41.9 Å². The summed E-state index contributed by atoms with van der Waals surface area (Å²) in [6, 6.07) is 12.9. The van der Waals surface area contributed by atoms with Gasteiger partial charge >= 0.3 is 5.97 Å². The number of amides is 1. The molecule has 0 radical (unpaired) electrons. The minimum Gasteiger partial charge on any atom is -0.448 e. The molecule has 2 aromatic carbocycles. The van der Waals surface area contributed by atoms with Gasteiger partial charge in [-0.2, -0.15) is 0 Å². The van der Waals surface area contributed by atoms with Crippen LogP contribution in [0.4, 0.5) is 4.39 Å². The summed E-state index contributed by atoms with van der Waals surface area (Å²) in [6.45, 7) is 3.26. The number of hydrogen-bond donors (Lipinski definition) is 1. The quantitative estimate of drug-likeness (QED) is 0.599. The lowest BCUT2D eigenvalue weighted by molar-refractivity contribution is -0.129. The van der Waals surface area contributed by atoms with Crippen molar-refractivity contribution in [1.82, 2.24) is 5.32 Å². The van der Waals surface area contributed by atoms with Crippen LogP contribution in [0.5, 0.6) is 0 Å². The Balaban J connectivity index is 1.65. The highest BCUT2D eigenvalue weighted by molar-refractivity contribution is 7.21. The van der Waals surface area contributed by atoms with Crippen LogP contribution in [0.15, 0.2) is 48.5 Å². The maximum atomic E-state index is 13.0. The molecule has 4 nitrogen and oxygen atoms in total. The SMILES string of the molecule is CC(OC(=O)c1sc2ccccc2c1Cl)C(=O)NC(C)c1ccc(F)cc1. The first-order valence-corrected chi connectivity index (χ1v) is 9.50. The molecule has 140 valence electrons. The van der Waals surface area contributed by atoms with Crippen molar-refractivity contribution in [2.24, 2.45) is 0 Å². The zero-order chi connectivity index (χ0) is 19.6. The van der Waals surface area contributed by atoms with Crippen molar-refractivity contribution in [3.05, 3.63) is 69.8 Å². The number of thiophene rings is 1. The maximum Gasteiger partial charge on any atom is 0.350 e. The Labute approximate surface area is 164 Å². The van der Waals surface area contributed by atoms with Crippen molar-refractivity contribution < 1.29 is 18.7 Å². The molecule has 7 heteroatoms. The third-order valence-corrected chi connectivity index (χ3v) is 5.76. The number of fused-ring (bicyclic) bond motifs is 1. The average molecular weight is 406 g/mol. The Morgan fingerprint density at radius 2 is 1.78 bits per heavy atom. The van der Waals surface area contributed by atoms with Crippen LogP contribution in [0.1, 0.15) is 35.1 Å². The second kappa shape index (κ2) is 8.06. The molecule has 0 spiro atoms. The predicted molar refractivity (Wildman–Crippen MR) is 105 cm³/mol. The summed E-state index contributed by atoms with van der Waals surface area (Å²) < 4.78 is 19.2. The van der Waals surface area contributed by atoms with Crippen LogP contribution < -0.4 is 5.32 Å². The average Bonchev–Trinajstić information content (AvgIpc) is 2.99. The van der Waals surface area contributed by atoms with E-state index in [9.17, 15) is 14.0 Å². The topological polar surface area (TPSA) is 55.4 Å². The largest absolute Gasteiger partial charge is 0.448 e. The summed E-state index contributed by atoms with van der Waals surface area (Å²) in [7, 11) is 0. The van der Waals surface area contributed by atoms with Crippen LogP contribution in [0.3, 0.4) is 0 Å². The van der Waals surface area contributed by atoms with Gasteiger partial charge in [-0.05, 0) is 37.6 Å². The van der Waals surface area contributed by atoms with Gasteiger partial charge in [0.2, 0.25) is 0 Å². The molecule has 1 aromatic heterocycles. The fourth-order valence-corrected chi connectivity index (χ4v) is 3.97. The van der Waals surface area contributed by atoms with Crippen LogP contribution in [-0.2, 0) is 9.53 Å². The number of halogens is 2. The second-order valence-electron chi connectivity index (χ2n) is 6.07. The fraction of sp³-hybridized carbons (Fsp3) is 0.200. The summed E-state index contributed by atoms with van der Waals surface area (Å²) in [5, 5.41) is 3.85. The lowest BCUT2D eigenvalue weighted by Gasteiger charge is -2.18. The highest BCUT2D eigenvalue weighted by Gasteiger charge is 2.24. The molecule has 0 aliphatic heterocycles. The summed E-state index contributed by atoms with van der Waals surface area (Å²) in [5.74, 6) is -1.43. The van der Waals surface area contributed by atoms with Gasteiger partial charge in [0.15, 0.2) is 6.10 Å². The van der Waals surface area contributed by atoms with Gasteiger partial charge in [0, 0.05) is 10.1 Å². The number of nitrogens with one attached hydrogen (secondary N) is 1. The summed E-state index contributed by atoms with van der Waals surface area (Å²) in [6.07, 6.45) is -0.998. The fourth-order valence-electron chi connectivity index (χ4n) is 2.58. The van der Waals surface area contributed by atoms with E-state index in [1.54, 1.807) is 19.1 Å². The van der Waals surface area contributed by atoms with E-state index in [2.05, 4.69) is 5.32 Å². The Bertz CT molecular complexity index is 987. The van der Waals surface area contributed by atoms with E-state index in [0.717, 1.165) is 15.6 Å². The van der Waals surface area contributed by atoms with Crippen molar-refractivity contribution >= 4 is 44.9 Å². The van der Waals surface area contributed by atoms with E-state index in [4.69, 9.17) is 16.3 Å². The van der Waals surface area contributed by atoms with Gasteiger partial charge in [0.05, 0.1) is 11.1 Å². The Hall–Kier alpha value is -2.44. The molecule has 0 aliphatic rings. The minimum absolute atomic E-state index is 0.268. The summed E-state index contributed by atoms with van der Waals surface area (Å²) in [4.78, 5) is 25.0. The molecule has 27 heavy (non-hydrogen) atoms. The summed E-state index contributed by atoms with van der Waals surface area (Å²) in [5.41, 5.74) is 0.746. The van der Waals surface area contributed by atoms with Crippen LogP contribution in [-0.4, -0.2) is 18.0 Å². The van der Waals surface area contributed by atoms with E-state index in [1.807, 2.05) is 24.3 Å². The van der Waals surface area contributed by atoms with Crippen molar-refractivity contribution in [1.29, 1.82) is 0 Å². The highest BCUT2D eigenvalue weighted by atomic mass is 35.5. The van der Waals surface area contributed by atoms with Crippen molar-refractivity contribution in [2.45, 2.75) is 26.0 Å². The molecule has 1 amide bonds. The molecule has 0 aliphatic carbocycles. The number of rotatable bonds is 5. The number of carbonyl (C=O) groups excluding carboxylic acids is 2. The zero-order valence-corrected chi connectivity index (χ0v) is 16.2. The van der Waals surface area contributed by atoms with Crippen LogP contribution >= 0.6 is 22.9 Å². The van der Waals surface area contributed by atoms with Crippen LogP contribution in [0.2, 0.25) is 5.02 Å². The molecule has 2 unspecified atom stereocenters. The Kier molecular flexibility index (Phi) is 5.77. The first-order chi connectivity index (χ1) is 12.9. The van der Waals surface area contributed by atoms with Crippen molar-refractivity contribution in [3.8, 4) is 0 Å². The molecule has 1 N–H and O–H groups in total. The van der Waals surface area contributed by atoms with E-state index < -0.39 is 18.0 Å². The number of carbonyl (C=O) groups is 2. The predicted octanol–water partition coefficient (Wildman–Crippen LogP) is 5.12. The number of hydrogen-bond acceptors (Lipinski definition) is 4. The van der Waals surface area contributed by atoms with Gasteiger partial charge in [0.1, 0.15) is 10.7 Å². The van der Waals surface area contributed by atoms with E-state index in [0.29, 0.717) is 5.02 Å². The maximum absolute atomic E-state index is 13.0. The van der Waals surface area contributed by atoms with E-state index >= 15 is 0 Å². The van der Waals surface area contributed by atoms with Gasteiger partial charge in [0.25, 0.3) is 5.91 Å². The monoisotopic (exact) mass is 405 g/mol. The third-order valence-electron chi connectivity index (χ3n) is 4.10. The molecule has 0 bridgehead atoms. The molecule has 0 saturated heterocycles. The molecule has 0 saturated carbocycles. The Morgan fingerprint density at radius 1 is 1.11 bits per heavy atom. The standard InChI is InChI=1S/C20H17ClFNO3S/c1-11(13-7-9-14(22)10-8-13)23-19(24)12(2)26-20(25)18-17(21)15-5-3-4-6-16(15)27-18/h3-12H,1-2H3,(H,23,24). The number of ether oxygens (including phenoxy) is 1. The lowest BCUT2D eigenvalue weighted by Crippen LogP contribution is -2.37. The van der Waals surface area contributed by atoms with Gasteiger partial charge in [-0.25, -0.2) is 9.18 Å². The molecule has 0 fully saturated rings. The van der Waals surface area contributed by atoms with Crippen LogP contribution in [0.25, 0.3) is 10.1 Å². The summed E-state index contributed by atoms with van der Waals surface area (Å²) >= 11 is 7.49. The first-order valence-electron chi connectivity index (χ1n) is 8.30. The van der Waals surface area contributed by atoms with Crippen LogP contribution in [0, 0.1) is 5.82 Å². The number of benzene rings is 2. The van der Waals surface area contributed by atoms with Crippen molar-refractivity contribution in [3.63, 3.8) is 0 Å². The van der Waals surface area contributed by atoms with Gasteiger partial charge < -0.3 is 10.1 Å². The first kappa shape index (κ1) is 19.3. The Morgan fingerprint density at radius 3 is 2.44 bits per heavy atom. The number of esters is 1. The van der Waals surface area contributed by atoms with E-state index in [-0.39, 0.29) is 16.7 Å². The van der Waals surface area contributed by atoms with Gasteiger partial charge in [-0.15, -0.1) is 11.3 Å². The lowest BCUT2D eigenvalue weighted by atomic mass is 10.1. The minimum atomic E-state index is -0.998. The van der Waals surface area contributed by atoms with Gasteiger partial charge in [-0.3, -0.25) is 4.79 Å². The molecule has 1 heterocycles. The van der Waals surface area contributed by atoms with E-state index in [1.165, 1.54) is 30.4 Å². The smallest absolute Gasteiger partial charge is 0.350 e. The second-order valence-corrected chi connectivity index (χ2v) is 7.50.